The lowest BCUT2D eigenvalue weighted by Crippen LogP contribution is -2.53. The Hall–Kier alpha value is -1.26. The average Bonchev–Trinajstić information content (AvgIpc) is 2.19. The first-order valence-electron chi connectivity index (χ1n) is 6.86. The van der Waals surface area contributed by atoms with Crippen LogP contribution in [0.1, 0.15) is 47.0 Å². The summed E-state index contributed by atoms with van der Waals surface area (Å²) < 4.78 is 0. The molecular weight excluding hydrogens is 244 g/mol. The fourth-order valence-electron chi connectivity index (χ4n) is 3.19. The number of hydrogen-bond donors (Lipinski definition) is 2. The van der Waals surface area contributed by atoms with Gasteiger partial charge in [0, 0.05) is 26.1 Å². The standard InChI is InChI=1S/C14H26N2O3/c1-13(2)8-14(3,4)10-16(9-13)12(19)15-7-5-6-11(17)18/h5-10H2,1-4H3,(H,15,19)(H,17,18). The first kappa shape index (κ1) is 15.8. The molecule has 0 bridgehead atoms. The van der Waals surface area contributed by atoms with Crippen LogP contribution in [-0.2, 0) is 4.79 Å². The van der Waals surface area contributed by atoms with E-state index in [1.165, 1.54) is 0 Å². The topological polar surface area (TPSA) is 69.6 Å². The van der Waals surface area contributed by atoms with Gasteiger partial charge in [-0.15, -0.1) is 0 Å². The molecule has 0 saturated carbocycles. The van der Waals surface area contributed by atoms with E-state index in [9.17, 15) is 9.59 Å². The van der Waals surface area contributed by atoms with Crippen LogP contribution in [0.2, 0.25) is 0 Å². The second-order valence-electron chi connectivity index (χ2n) is 7.09. The van der Waals surface area contributed by atoms with E-state index in [2.05, 4.69) is 33.0 Å². The fourth-order valence-corrected chi connectivity index (χ4v) is 3.19. The molecule has 1 saturated heterocycles. The summed E-state index contributed by atoms with van der Waals surface area (Å²) in [5.74, 6) is -0.825. The van der Waals surface area contributed by atoms with Gasteiger partial charge in [0.25, 0.3) is 0 Å². The highest BCUT2D eigenvalue weighted by molar-refractivity contribution is 5.74. The fraction of sp³-hybridized carbons (Fsp3) is 0.857. The molecule has 2 N–H and O–H groups in total. The summed E-state index contributed by atoms with van der Waals surface area (Å²) in [6.45, 7) is 10.6. The van der Waals surface area contributed by atoms with Gasteiger partial charge in [0.2, 0.25) is 0 Å². The van der Waals surface area contributed by atoms with Gasteiger partial charge in [0.1, 0.15) is 0 Å². The highest BCUT2D eigenvalue weighted by atomic mass is 16.4. The van der Waals surface area contributed by atoms with Gasteiger partial charge in [-0.05, 0) is 23.7 Å². The highest BCUT2D eigenvalue weighted by Crippen LogP contribution is 2.39. The molecule has 0 radical (unpaired) electrons. The molecule has 1 aliphatic heterocycles. The van der Waals surface area contributed by atoms with Crippen molar-refractivity contribution in [3.8, 4) is 0 Å². The van der Waals surface area contributed by atoms with Gasteiger partial charge in [-0.25, -0.2) is 4.79 Å². The van der Waals surface area contributed by atoms with Crippen molar-refractivity contribution in [2.45, 2.75) is 47.0 Å². The van der Waals surface area contributed by atoms with Crippen molar-refractivity contribution in [1.82, 2.24) is 10.2 Å². The number of carbonyl (C=O) groups excluding carboxylic acids is 1. The molecule has 0 unspecified atom stereocenters. The Labute approximate surface area is 115 Å². The lowest BCUT2D eigenvalue weighted by Gasteiger charge is -2.46. The molecular formula is C14H26N2O3. The van der Waals surface area contributed by atoms with Crippen LogP contribution in [0.25, 0.3) is 0 Å². The summed E-state index contributed by atoms with van der Waals surface area (Å²) in [4.78, 5) is 24.3. The molecule has 0 spiro atoms. The molecule has 2 amide bonds. The molecule has 0 atom stereocenters. The van der Waals surface area contributed by atoms with Crippen molar-refractivity contribution in [2.24, 2.45) is 10.8 Å². The predicted molar refractivity (Wildman–Crippen MR) is 74.0 cm³/mol. The van der Waals surface area contributed by atoms with Crippen LogP contribution < -0.4 is 5.32 Å². The van der Waals surface area contributed by atoms with Gasteiger partial charge in [-0.1, -0.05) is 27.7 Å². The van der Waals surface area contributed by atoms with E-state index in [1.54, 1.807) is 0 Å². The zero-order chi connectivity index (χ0) is 14.7. The van der Waals surface area contributed by atoms with Gasteiger partial charge < -0.3 is 15.3 Å². The number of aliphatic carboxylic acids is 1. The molecule has 19 heavy (non-hydrogen) atoms. The van der Waals surface area contributed by atoms with E-state index in [4.69, 9.17) is 5.11 Å². The number of amides is 2. The number of rotatable bonds is 4. The number of carboxylic acid groups (broad SMARTS) is 1. The number of nitrogens with zero attached hydrogens (tertiary/aromatic N) is 1. The normalized spacial score (nSPS) is 20.9. The third kappa shape index (κ3) is 5.49. The first-order chi connectivity index (χ1) is 8.61. The van der Waals surface area contributed by atoms with Crippen molar-refractivity contribution in [2.75, 3.05) is 19.6 Å². The van der Waals surface area contributed by atoms with Crippen molar-refractivity contribution < 1.29 is 14.7 Å². The third-order valence-electron chi connectivity index (χ3n) is 3.33. The Morgan fingerprint density at radius 2 is 1.68 bits per heavy atom. The largest absolute Gasteiger partial charge is 0.481 e. The van der Waals surface area contributed by atoms with Crippen LogP contribution >= 0.6 is 0 Å². The van der Waals surface area contributed by atoms with Crippen LogP contribution in [0.4, 0.5) is 4.79 Å². The van der Waals surface area contributed by atoms with E-state index < -0.39 is 5.97 Å². The maximum absolute atomic E-state index is 12.1. The number of hydrogen-bond acceptors (Lipinski definition) is 2. The lowest BCUT2D eigenvalue weighted by atomic mass is 9.71. The van der Waals surface area contributed by atoms with Crippen LogP contribution in [0.3, 0.4) is 0 Å². The van der Waals surface area contributed by atoms with E-state index in [-0.39, 0.29) is 23.3 Å². The molecule has 0 aromatic heterocycles. The quantitative estimate of drug-likeness (QED) is 0.770. The maximum Gasteiger partial charge on any atom is 0.317 e. The Bertz CT molecular complexity index is 335. The third-order valence-corrected chi connectivity index (χ3v) is 3.33. The number of urea groups is 1. The monoisotopic (exact) mass is 270 g/mol. The van der Waals surface area contributed by atoms with Crippen molar-refractivity contribution in [1.29, 1.82) is 0 Å². The lowest BCUT2D eigenvalue weighted by molar-refractivity contribution is -0.137. The van der Waals surface area contributed by atoms with E-state index in [1.807, 2.05) is 4.90 Å². The van der Waals surface area contributed by atoms with Crippen LogP contribution in [-0.4, -0.2) is 41.6 Å². The van der Waals surface area contributed by atoms with E-state index >= 15 is 0 Å². The summed E-state index contributed by atoms with van der Waals surface area (Å²) in [5, 5.41) is 11.3. The number of likely N-dealkylation sites (tertiary alicyclic amines) is 1. The first-order valence-corrected chi connectivity index (χ1v) is 6.86. The molecule has 1 aliphatic rings. The Kier molecular flexibility index (Phi) is 4.82. The van der Waals surface area contributed by atoms with Crippen molar-refractivity contribution >= 4 is 12.0 Å². The minimum atomic E-state index is -0.825. The SMILES string of the molecule is CC1(C)CN(C(=O)NCCCC(=O)O)CC(C)(C)C1. The van der Waals surface area contributed by atoms with Crippen LogP contribution in [0.15, 0.2) is 0 Å². The number of nitrogens with one attached hydrogen (secondary N) is 1. The minimum Gasteiger partial charge on any atom is -0.481 e. The van der Waals surface area contributed by atoms with Crippen LogP contribution in [0, 0.1) is 10.8 Å². The van der Waals surface area contributed by atoms with E-state index in [0.717, 1.165) is 19.5 Å². The second kappa shape index (κ2) is 5.80. The summed E-state index contributed by atoms with van der Waals surface area (Å²) in [6, 6.07) is -0.0776. The average molecular weight is 270 g/mol. The van der Waals surface area contributed by atoms with Gasteiger partial charge in [0.15, 0.2) is 0 Å². The Morgan fingerprint density at radius 3 is 2.16 bits per heavy atom. The minimum absolute atomic E-state index is 0.0776. The summed E-state index contributed by atoms with van der Waals surface area (Å²) >= 11 is 0. The van der Waals surface area contributed by atoms with Gasteiger partial charge in [-0.3, -0.25) is 4.79 Å². The molecule has 0 aromatic rings. The Balaban J connectivity index is 2.45. The molecule has 1 rings (SSSR count). The zero-order valence-electron chi connectivity index (χ0n) is 12.5. The second-order valence-corrected chi connectivity index (χ2v) is 7.09. The molecule has 1 heterocycles. The van der Waals surface area contributed by atoms with E-state index in [0.29, 0.717) is 13.0 Å². The summed E-state index contributed by atoms with van der Waals surface area (Å²) in [6.07, 6.45) is 1.67. The summed E-state index contributed by atoms with van der Waals surface area (Å²) in [7, 11) is 0. The van der Waals surface area contributed by atoms with Crippen LogP contribution in [0.5, 0.6) is 0 Å². The summed E-state index contributed by atoms with van der Waals surface area (Å²) in [5.41, 5.74) is 0.250. The Morgan fingerprint density at radius 1 is 1.16 bits per heavy atom. The molecule has 5 heteroatoms. The number of carboxylic acids is 1. The molecule has 0 aromatic carbocycles. The smallest absolute Gasteiger partial charge is 0.317 e. The zero-order valence-corrected chi connectivity index (χ0v) is 12.5. The molecule has 0 aliphatic carbocycles. The molecule has 1 fully saturated rings. The van der Waals surface area contributed by atoms with Gasteiger partial charge >= 0.3 is 12.0 Å². The predicted octanol–water partition coefficient (Wildman–Crippen LogP) is 2.32. The number of piperidine rings is 1. The number of carbonyl (C=O) groups is 2. The van der Waals surface area contributed by atoms with Crippen molar-refractivity contribution in [3.63, 3.8) is 0 Å². The highest BCUT2D eigenvalue weighted by Gasteiger charge is 2.38. The van der Waals surface area contributed by atoms with Gasteiger partial charge in [-0.2, -0.15) is 0 Å². The maximum atomic E-state index is 12.1. The van der Waals surface area contributed by atoms with Gasteiger partial charge in [0.05, 0.1) is 0 Å². The molecule has 110 valence electrons. The molecule has 5 nitrogen and oxygen atoms in total. The van der Waals surface area contributed by atoms with Crippen molar-refractivity contribution in [3.05, 3.63) is 0 Å².